The number of hydrogen-bond acceptors (Lipinski definition) is 2. The molecule has 1 aliphatic heterocycles. The van der Waals surface area contributed by atoms with Gasteiger partial charge in [0.15, 0.2) is 0 Å². The second-order valence-corrected chi connectivity index (χ2v) is 6.20. The van der Waals surface area contributed by atoms with Gasteiger partial charge >= 0.3 is 0 Å². The van der Waals surface area contributed by atoms with E-state index in [-0.39, 0.29) is 0 Å². The van der Waals surface area contributed by atoms with Gasteiger partial charge in [-0.15, -0.1) is 0 Å². The molecule has 1 fully saturated rings. The summed E-state index contributed by atoms with van der Waals surface area (Å²) in [5, 5.41) is 3.62. The predicted molar refractivity (Wildman–Crippen MR) is 80.5 cm³/mol. The first kappa shape index (κ1) is 13.1. The molecule has 2 nitrogen and oxygen atoms in total. The van der Waals surface area contributed by atoms with Crippen molar-refractivity contribution in [1.29, 1.82) is 0 Å². The van der Waals surface area contributed by atoms with E-state index in [0.29, 0.717) is 18.2 Å². The Balaban J connectivity index is 2.02. The van der Waals surface area contributed by atoms with Crippen LogP contribution < -0.4 is 5.32 Å². The summed E-state index contributed by atoms with van der Waals surface area (Å²) in [5.41, 5.74) is 2.57. The van der Waals surface area contributed by atoms with Gasteiger partial charge in [-0.2, -0.15) is 0 Å². The third kappa shape index (κ3) is 3.58. The van der Waals surface area contributed by atoms with Crippen LogP contribution in [0.1, 0.15) is 32.3 Å². The highest BCUT2D eigenvalue weighted by atomic mass is 127. The summed E-state index contributed by atoms with van der Waals surface area (Å²) in [7, 11) is 0. The molecule has 0 bridgehead atoms. The van der Waals surface area contributed by atoms with Crippen molar-refractivity contribution in [3.63, 3.8) is 0 Å². The van der Waals surface area contributed by atoms with Gasteiger partial charge in [0.1, 0.15) is 0 Å². The Labute approximate surface area is 117 Å². The Kier molecular flexibility index (Phi) is 4.31. The molecule has 1 N–H and O–H groups in total. The van der Waals surface area contributed by atoms with Gasteiger partial charge in [0.2, 0.25) is 0 Å². The fourth-order valence-corrected chi connectivity index (χ4v) is 2.96. The van der Waals surface area contributed by atoms with E-state index < -0.39 is 0 Å². The van der Waals surface area contributed by atoms with Gasteiger partial charge in [0.05, 0.1) is 12.2 Å². The normalized spacial score (nSPS) is 29.1. The molecular weight excluding hydrogens is 325 g/mol. The summed E-state index contributed by atoms with van der Waals surface area (Å²) in [6, 6.07) is 7.10. The highest BCUT2D eigenvalue weighted by Crippen LogP contribution is 2.24. The lowest BCUT2D eigenvalue weighted by atomic mass is 9.99. The molecular formula is C14H20INO. The summed E-state index contributed by atoms with van der Waals surface area (Å²) in [6.45, 7) is 6.45. The molecule has 0 radical (unpaired) electrons. The molecule has 0 saturated carbocycles. The molecule has 0 aromatic heterocycles. The molecule has 0 spiro atoms. The topological polar surface area (TPSA) is 21.3 Å². The van der Waals surface area contributed by atoms with Crippen LogP contribution in [-0.4, -0.2) is 18.2 Å². The van der Waals surface area contributed by atoms with Gasteiger partial charge in [-0.25, -0.2) is 0 Å². The zero-order chi connectivity index (χ0) is 12.4. The van der Waals surface area contributed by atoms with Crippen LogP contribution in [0.4, 0.5) is 5.69 Å². The number of rotatable bonds is 2. The maximum absolute atomic E-state index is 5.76. The van der Waals surface area contributed by atoms with Crippen molar-refractivity contribution in [3.05, 3.63) is 27.3 Å². The fourth-order valence-electron chi connectivity index (χ4n) is 2.44. The first-order valence-electron chi connectivity index (χ1n) is 6.22. The van der Waals surface area contributed by atoms with Crippen LogP contribution in [0, 0.1) is 10.5 Å². The van der Waals surface area contributed by atoms with Crippen LogP contribution in [0.15, 0.2) is 18.2 Å². The number of hydrogen-bond donors (Lipinski definition) is 1. The van der Waals surface area contributed by atoms with Crippen LogP contribution in [0.2, 0.25) is 0 Å². The van der Waals surface area contributed by atoms with E-state index in [1.807, 2.05) is 0 Å². The maximum atomic E-state index is 5.76. The van der Waals surface area contributed by atoms with Gasteiger partial charge in [0.25, 0.3) is 0 Å². The standard InChI is InChI=1S/C14H20INO/c1-9-4-5-12(8-14(9)15)16-13-6-10(2)17-11(3)7-13/h4-5,8,10-11,13,16H,6-7H2,1-3H3. The molecule has 1 aromatic carbocycles. The Bertz CT molecular complexity index is 384. The van der Waals surface area contributed by atoms with Crippen molar-refractivity contribution in [2.75, 3.05) is 5.32 Å². The SMILES string of the molecule is Cc1ccc(NC2CC(C)OC(C)C2)cc1I. The summed E-state index contributed by atoms with van der Waals surface area (Å²) in [5.74, 6) is 0. The van der Waals surface area contributed by atoms with Gasteiger partial charge in [-0.3, -0.25) is 0 Å². The molecule has 2 rings (SSSR count). The number of anilines is 1. The second-order valence-electron chi connectivity index (χ2n) is 5.03. The van der Waals surface area contributed by atoms with Crippen LogP contribution in [0.3, 0.4) is 0 Å². The highest BCUT2D eigenvalue weighted by Gasteiger charge is 2.24. The average Bonchev–Trinajstić information content (AvgIpc) is 2.22. The molecule has 94 valence electrons. The number of ether oxygens (including phenoxy) is 1. The minimum atomic E-state index is 0.362. The maximum Gasteiger partial charge on any atom is 0.0570 e. The number of benzene rings is 1. The number of aryl methyl sites for hydroxylation is 1. The largest absolute Gasteiger partial charge is 0.382 e. The van der Waals surface area contributed by atoms with Gasteiger partial charge in [0, 0.05) is 15.3 Å². The smallest absolute Gasteiger partial charge is 0.0570 e. The fraction of sp³-hybridized carbons (Fsp3) is 0.571. The average molecular weight is 345 g/mol. The van der Waals surface area contributed by atoms with Crippen LogP contribution in [0.25, 0.3) is 0 Å². The lowest BCUT2D eigenvalue weighted by Gasteiger charge is -2.33. The predicted octanol–water partition coefficient (Wildman–Crippen LogP) is 3.97. The third-order valence-electron chi connectivity index (χ3n) is 3.24. The number of halogens is 1. The molecule has 0 aliphatic carbocycles. The zero-order valence-corrected chi connectivity index (χ0v) is 12.8. The van der Waals surface area contributed by atoms with E-state index in [4.69, 9.17) is 4.74 Å². The zero-order valence-electron chi connectivity index (χ0n) is 10.7. The first-order valence-corrected chi connectivity index (χ1v) is 7.30. The third-order valence-corrected chi connectivity index (χ3v) is 4.40. The minimum absolute atomic E-state index is 0.362. The van der Waals surface area contributed by atoms with E-state index in [1.54, 1.807) is 0 Å². The molecule has 2 atom stereocenters. The summed E-state index contributed by atoms with van der Waals surface area (Å²) in [6.07, 6.45) is 2.91. The van der Waals surface area contributed by atoms with E-state index in [0.717, 1.165) is 12.8 Å². The van der Waals surface area contributed by atoms with Gasteiger partial charge in [-0.05, 0) is 73.9 Å². The van der Waals surface area contributed by atoms with Crippen LogP contribution in [-0.2, 0) is 4.74 Å². The van der Waals surface area contributed by atoms with Crippen molar-refractivity contribution >= 4 is 28.3 Å². The molecule has 3 heteroatoms. The Morgan fingerprint density at radius 2 is 1.88 bits per heavy atom. The van der Waals surface area contributed by atoms with Crippen LogP contribution >= 0.6 is 22.6 Å². The second kappa shape index (κ2) is 5.57. The van der Waals surface area contributed by atoms with Crippen LogP contribution in [0.5, 0.6) is 0 Å². The van der Waals surface area contributed by atoms with E-state index in [2.05, 4.69) is 66.9 Å². The quantitative estimate of drug-likeness (QED) is 0.819. The van der Waals surface area contributed by atoms with E-state index in [1.165, 1.54) is 14.8 Å². The van der Waals surface area contributed by atoms with E-state index >= 15 is 0 Å². The molecule has 0 amide bonds. The molecule has 1 aromatic rings. The lowest BCUT2D eigenvalue weighted by molar-refractivity contribution is -0.0337. The molecule has 1 aliphatic rings. The molecule has 2 unspecified atom stereocenters. The number of nitrogens with one attached hydrogen (secondary N) is 1. The lowest BCUT2D eigenvalue weighted by Crippen LogP contribution is -2.36. The van der Waals surface area contributed by atoms with Gasteiger partial charge < -0.3 is 10.1 Å². The van der Waals surface area contributed by atoms with Gasteiger partial charge in [-0.1, -0.05) is 6.07 Å². The molecule has 1 saturated heterocycles. The molecule has 1 heterocycles. The highest BCUT2D eigenvalue weighted by molar-refractivity contribution is 14.1. The van der Waals surface area contributed by atoms with Crippen molar-refractivity contribution in [2.45, 2.75) is 51.9 Å². The van der Waals surface area contributed by atoms with Crippen molar-refractivity contribution in [3.8, 4) is 0 Å². The first-order chi connectivity index (χ1) is 8.04. The Hall–Kier alpha value is -0.290. The minimum Gasteiger partial charge on any atom is -0.382 e. The summed E-state index contributed by atoms with van der Waals surface area (Å²) >= 11 is 2.39. The van der Waals surface area contributed by atoms with Crippen molar-refractivity contribution in [1.82, 2.24) is 0 Å². The summed E-state index contributed by atoms with van der Waals surface area (Å²) < 4.78 is 7.08. The van der Waals surface area contributed by atoms with Crippen molar-refractivity contribution in [2.24, 2.45) is 0 Å². The summed E-state index contributed by atoms with van der Waals surface area (Å²) in [4.78, 5) is 0. The Morgan fingerprint density at radius 3 is 2.47 bits per heavy atom. The Morgan fingerprint density at radius 1 is 1.24 bits per heavy atom. The molecule has 17 heavy (non-hydrogen) atoms. The monoisotopic (exact) mass is 345 g/mol. The van der Waals surface area contributed by atoms with E-state index in [9.17, 15) is 0 Å². The van der Waals surface area contributed by atoms with Crippen molar-refractivity contribution < 1.29 is 4.74 Å².